The second-order valence-electron chi connectivity index (χ2n) is 7.61. The van der Waals surface area contributed by atoms with Crippen molar-refractivity contribution < 1.29 is 9.59 Å². The van der Waals surface area contributed by atoms with Gasteiger partial charge in [-0.2, -0.15) is 0 Å². The molecule has 1 aromatic carbocycles. The van der Waals surface area contributed by atoms with Crippen LogP contribution in [-0.2, 0) is 9.59 Å². The minimum absolute atomic E-state index is 0.0307. The number of hydrogen-bond acceptors (Lipinski definition) is 3. The summed E-state index contributed by atoms with van der Waals surface area (Å²) in [5.74, 6) is 1.19. The van der Waals surface area contributed by atoms with E-state index < -0.39 is 6.04 Å². The summed E-state index contributed by atoms with van der Waals surface area (Å²) in [6, 6.07) is 7.72. The molecule has 0 radical (unpaired) electrons. The summed E-state index contributed by atoms with van der Waals surface area (Å²) in [6.07, 6.45) is 0.679. The van der Waals surface area contributed by atoms with Gasteiger partial charge in [0.25, 0.3) is 0 Å². The molecule has 1 aromatic rings. The van der Waals surface area contributed by atoms with E-state index >= 15 is 0 Å². The number of nitrogens with one attached hydrogen (secondary N) is 1. The molecule has 1 N–H and O–H groups in total. The van der Waals surface area contributed by atoms with Crippen LogP contribution < -0.4 is 5.32 Å². The molecule has 0 saturated carbocycles. The topological polar surface area (TPSA) is 49.4 Å². The van der Waals surface area contributed by atoms with Gasteiger partial charge < -0.3 is 10.2 Å². The quantitative estimate of drug-likeness (QED) is 0.803. The standard InChI is InChI=1S/C20H30N2O2S/c1-13(2)10-17(19(24)21-11-14(3)4)22-18(23)12-25-20(22)16-9-7-6-8-15(16)5/h6-9,13-14,17,20H,10-12H2,1-5H3,(H,21,24)/t17-,20-/m1/s1. The van der Waals surface area contributed by atoms with Crippen LogP contribution >= 0.6 is 11.8 Å². The minimum Gasteiger partial charge on any atom is -0.354 e. The van der Waals surface area contributed by atoms with Crippen LogP contribution in [0.15, 0.2) is 24.3 Å². The van der Waals surface area contributed by atoms with Crippen molar-refractivity contribution >= 4 is 23.6 Å². The van der Waals surface area contributed by atoms with Gasteiger partial charge in [0.2, 0.25) is 11.8 Å². The highest BCUT2D eigenvalue weighted by Crippen LogP contribution is 2.42. The molecular weight excluding hydrogens is 332 g/mol. The van der Waals surface area contributed by atoms with Crippen molar-refractivity contribution in [3.63, 3.8) is 0 Å². The normalized spacial score (nSPS) is 18.9. The maximum absolute atomic E-state index is 12.9. The second-order valence-corrected chi connectivity index (χ2v) is 8.67. The van der Waals surface area contributed by atoms with E-state index in [1.54, 1.807) is 11.8 Å². The van der Waals surface area contributed by atoms with Crippen molar-refractivity contribution in [1.29, 1.82) is 0 Å². The molecule has 0 unspecified atom stereocenters. The molecule has 138 valence electrons. The second kappa shape index (κ2) is 8.75. The molecule has 0 bridgehead atoms. The number of aryl methyl sites for hydroxylation is 1. The summed E-state index contributed by atoms with van der Waals surface area (Å²) in [5, 5.41) is 2.95. The molecule has 1 aliphatic heterocycles. The highest BCUT2D eigenvalue weighted by Gasteiger charge is 2.41. The number of amides is 2. The van der Waals surface area contributed by atoms with Crippen molar-refractivity contribution in [3.05, 3.63) is 35.4 Å². The predicted octanol–water partition coefficient (Wildman–Crippen LogP) is 3.76. The van der Waals surface area contributed by atoms with Crippen LogP contribution in [0.2, 0.25) is 0 Å². The van der Waals surface area contributed by atoms with Gasteiger partial charge in [-0.15, -0.1) is 11.8 Å². The van der Waals surface area contributed by atoms with E-state index in [9.17, 15) is 9.59 Å². The molecule has 0 aliphatic carbocycles. The lowest BCUT2D eigenvalue weighted by Crippen LogP contribution is -2.49. The molecule has 1 fully saturated rings. The number of thioether (sulfide) groups is 1. The number of carbonyl (C=O) groups excluding carboxylic acids is 2. The SMILES string of the molecule is Cc1ccccc1[C@H]1SCC(=O)N1[C@H](CC(C)C)C(=O)NCC(C)C. The third-order valence-corrected chi connectivity index (χ3v) is 5.59. The first-order valence-electron chi connectivity index (χ1n) is 9.07. The van der Waals surface area contributed by atoms with Crippen LogP contribution in [0.1, 0.15) is 50.6 Å². The predicted molar refractivity (Wildman–Crippen MR) is 104 cm³/mol. The van der Waals surface area contributed by atoms with Gasteiger partial charge in [-0.05, 0) is 36.3 Å². The first-order chi connectivity index (χ1) is 11.8. The lowest BCUT2D eigenvalue weighted by molar-refractivity contribution is -0.139. The van der Waals surface area contributed by atoms with Gasteiger partial charge in [-0.3, -0.25) is 9.59 Å². The van der Waals surface area contributed by atoms with Gasteiger partial charge in [0.1, 0.15) is 11.4 Å². The zero-order chi connectivity index (χ0) is 18.6. The molecule has 5 heteroatoms. The fraction of sp³-hybridized carbons (Fsp3) is 0.600. The fourth-order valence-corrected chi connectivity index (χ4v) is 4.41. The van der Waals surface area contributed by atoms with Crippen LogP contribution in [0.25, 0.3) is 0 Å². The monoisotopic (exact) mass is 362 g/mol. The molecule has 1 aliphatic rings. The van der Waals surface area contributed by atoms with Crippen molar-refractivity contribution in [2.45, 2.75) is 52.5 Å². The summed E-state index contributed by atoms with van der Waals surface area (Å²) >= 11 is 1.62. The molecule has 25 heavy (non-hydrogen) atoms. The number of rotatable bonds is 7. The molecule has 2 rings (SSSR count). The Kier molecular flexibility index (Phi) is 6.94. The number of hydrogen-bond donors (Lipinski definition) is 1. The zero-order valence-electron chi connectivity index (χ0n) is 15.9. The third kappa shape index (κ3) is 5.00. The third-order valence-electron chi connectivity index (χ3n) is 4.38. The Bertz CT molecular complexity index is 615. The highest BCUT2D eigenvalue weighted by atomic mass is 32.2. The van der Waals surface area contributed by atoms with Crippen molar-refractivity contribution in [1.82, 2.24) is 10.2 Å². The maximum Gasteiger partial charge on any atom is 0.242 e. The Labute approximate surface area is 155 Å². The Balaban J connectivity index is 2.30. The van der Waals surface area contributed by atoms with Gasteiger partial charge in [-0.25, -0.2) is 0 Å². The average molecular weight is 363 g/mol. The summed E-state index contributed by atoms with van der Waals surface area (Å²) < 4.78 is 0. The zero-order valence-corrected chi connectivity index (χ0v) is 16.7. The van der Waals surface area contributed by atoms with E-state index in [-0.39, 0.29) is 17.2 Å². The number of nitrogens with zero attached hydrogens (tertiary/aromatic N) is 1. The fourth-order valence-electron chi connectivity index (χ4n) is 3.09. The van der Waals surface area contributed by atoms with Crippen molar-refractivity contribution in [3.8, 4) is 0 Å². The first-order valence-corrected chi connectivity index (χ1v) is 10.1. The van der Waals surface area contributed by atoms with Gasteiger partial charge in [0.05, 0.1) is 5.75 Å². The summed E-state index contributed by atoms with van der Waals surface area (Å²) in [6.45, 7) is 11.0. The molecule has 1 heterocycles. The molecule has 1 saturated heterocycles. The van der Waals surface area contributed by atoms with E-state index in [1.165, 1.54) is 0 Å². The van der Waals surface area contributed by atoms with Crippen molar-refractivity contribution in [2.75, 3.05) is 12.3 Å². The van der Waals surface area contributed by atoms with Crippen LogP contribution in [0.5, 0.6) is 0 Å². The molecule has 4 nitrogen and oxygen atoms in total. The molecule has 2 amide bonds. The summed E-state index contributed by atoms with van der Waals surface area (Å²) in [7, 11) is 0. The maximum atomic E-state index is 12.9. The van der Waals surface area contributed by atoms with Crippen LogP contribution in [0.4, 0.5) is 0 Å². The van der Waals surface area contributed by atoms with Gasteiger partial charge in [0.15, 0.2) is 0 Å². The Morgan fingerprint density at radius 1 is 1.24 bits per heavy atom. The highest BCUT2D eigenvalue weighted by molar-refractivity contribution is 8.00. The molecular formula is C20H30N2O2S. The lowest BCUT2D eigenvalue weighted by atomic mass is 9.99. The number of benzene rings is 1. The minimum atomic E-state index is -0.411. The Hall–Kier alpha value is -1.49. The van der Waals surface area contributed by atoms with E-state index in [0.717, 1.165) is 11.1 Å². The summed E-state index contributed by atoms with van der Waals surface area (Å²) in [4.78, 5) is 27.3. The molecule has 0 aromatic heterocycles. The largest absolute Gasteiger partial charge is 0.354 e. The molecule has 2 atom stereocenters. The first kappa shape index (κ1) is 19.8. The lowest BCUT2D eigenvalue weighted by Gasteiger charge is -2.33. The Morgan fingerprint density at radius 3 is 2.52 bits per heavy atom. The smallest absolute Gasteiger partial charge is 0.242 e. The van der Waals surface area contributed by atoms with Gasteiger partial charge in [0, 0.05) is 6.54 Å². The summed E-state index contributed by atoms with van der Waals surface area (Å²) in [5.41, 5.74) is 2.29. The van der Waals surface area contributed by atoms with E-state index in [1.807, 2.05) is 17.0 Å². The van der Waals surface area contributed by atoms with E-state index in [0.29, 0.717) is 30.6 Å². The van der Waals surface area contributed by atoms with E-state index in [2.05, 4.69) is 52.1 Å². The van der Waals surface area contributed by atoms with E-state index in [4.69, 9.17) is 0 Å². The Morgan fingerprint density at radius 2 is 1.92 bits per heavy atom. The molecule has 0 spiro atoms. The van der Waals surface area contributed by atoms with Gasteiger partial charge >= 0.3 is 0 Å². The van der Waals surface area contributed by atoms with Gasteiger partial charge in [-0.1, -0.05) is 52.0 Å². The number of carbonyl (C=O) groups is 2. The van der Waals surface area contributed by atoms with Crippen LogP contribution in [-0.4, -0.2) is 35.1 Å². The van der Waals surface area contributed by atoms with Crippen LogP contribution in [0, 0.1) is 18.8 Å². The van der Waals surface area contributed by atoms with Crippen molar-refractivity contribution in [2.24, 2.45) is 11.8 Å². The average Bonchev–Trinajstić information content (AvgIpc) is 2.92. The van der Waals surface area contributed by atoms with Crippen LogP contribution in [0.3, 0.4) is 0 Å².